The first-order valence-electron chi connectivity index (χ1n) is 11.0. The van der Waals surface area contributed by atoms with Crippen LogP contribution in [0.25, 0.3) is 0 Å². The zero-order valence-electron chi connectivity index (χ0n) is 18.7. The van der Waals surface area contributed by atoms with Gasteiger partial charge in [-0.3, -0.25) is 9.10 Å². The highest BCUT2D eigenvalue weighted by Crippen LogP contribution is 2.23. The van der Waals surface area contributed by atoms with E-state index < -0.39 is 10.0 Å². The Hall–Kier alpha value is -2.54. The summed E-state index contributed by atoms with van der Waals surface area (Å²) in [7, 11) is -3.58. The molecule has 3 rings (SSSR count). The Morgan fingerprint density at radius 2 is 1.65 bits per heavy atom. The van der Waals surface area contributed by atoms with Gasteiger partial charge in [0, 0.05) is 18.8 Å². The number of nitrogens with zero attached hydrogens (tertiary/aromatic N) is 2. The molecule has 7 heteroatoms. The van der Waals surface area contributed by atoms with Gasteiger partial charge in [-0.05, 0) is 68.0 Å². The number of rotatable bonds is 8. The normalized spacial score (nSPS) is 15.4. The molecule has 1 heterocycles. The molecule has 2 aromatic carbocycles. The number of amides is 1. The van der Waals surface area contributed by atoms with Crippen LogP contribution in [-0.4, -0.2) is 40.2 Å². The maximum absolute atomic E-state index is 12.7. The largest absolute Gasteiger partial charge is 0.372 e. The highest BCUT2D eigenvalue weighted by Gasteiger charge is 2.22. The van der Waals surface area contributed by atoms with E-state index in [0.717, 1.165) is 41.2 Å². The predicted molar refractivity (Wildman–Crippen MR) is 127 cm³/mol. The van der Waals surface area contributed by atoms with Crippen molar-refractivity contribution in [3.05, 3.63) is 59.7 Å². The summed E-state index contributed by atoms with van der Waals surface area (Å²) >= 11 is 0. The van der Waals surface area contributed by atoms with Gasteiger partial charge in [-0.25, -0.2) is 8.42 Å². The summed E-state index contributed by atoms with van der Waals surface area (Å²) in [6.45, 7) is 5.88. The minimum atomic E-state index is -3.58. The van der Waals surface area contributed by atoms with Crippen molar-refractivity contribution in [3.63, 3.8) is 0 Å². The van der Waals surface area contributed by atoms with Crippen LogP contribution < -0.4 is 14.5 Å². The van der Waals surface area contributed by atoms with Gasteiger partial charge < -0.3 is 10.2 Å². The number of carbonyl (C=O) groups is 1. The molecule has 0 aromatic heterocycles. The van der Waals surface area contributed by atoms with Gasteiger partial charge in [-0.1, -0.05) is 31.2 Å². The molecule has 0 spiro atoms. The molecule has 31 heavy (non-hydrogen) atoms. The summed E-state index contributed by atoms with van der Waals surface area (Å²) in [4.78, 5) is 15.1. The van der Waals surface area contributed by atoms with Crippen LogP contribution in [0, 0.1) is 0 Å². The van der Waals surface area contributed by atoms with Gasteiger partial charge in [0.05, 0.1) is 18.0 Å². The maximum atomic E-state index is 12.7. The summed E-state index contributed by atoms with van der Waals surface area (Å²) < 4.78 is 25.8. The molecule has 6 nitrogen and oxygen atoms in total. The molecule has 0 aliphatic carbocycles. The van der Waals surface area contributed by atoms with E-state index in [9.17, 15) is 13.2 Å². The fraction of sp³-hybridized carbons (Fsp3) is 0.458. The Bertz CT molecular complexity index is 966. The first kappa shape index (κ1) is 23.1. The summed E-state index contributed by atoms with van der Waals surface area (Å²) in [5.74, 6) is -0.336. The lowest BCUT2D eigenvalue weighted by Gasteiger charge is -2.29. The fourth-order valence-electron chi connectivity index (χ4n) is 3.92. The molecule has 1 aliphatic rings. The predicted octanol–water partition coefficient (Wildman–Crippen LogP) is 3.88. The molecule has 2 aromatic rings. The van der Waals surface area contributed by atoms with Crippen LogP contribution in [0.2, 0.25) is 0 Å². The van der Waals surface area contributed by atoms with E-state index in [4.69, 9.17) is 0 Å². The third-order valence-corrected chi connectivity index (χ3v) is 6.95. The van der Waals surface area contributed by atoms with Crippen molar-refractivity contribution in [2.75, 3.05) is 35.1 Å². The van der Waals surface area contributed by atoms with Gasteiger partial charge in [-0.15, -0.1) is 0 Å². The van der Waals surface area contributed by atoms with Crippen molar-refractivity contribution in [2.24, 2.45) is 0 Å². The second-order valence-electron chi connectivity index (χ2n) is 8.22. The average molecular weight is 444 g/mol. The Kier molecular flexibility index (Phi) is 7.59. The van der Waals surface area contributed by atoms with Crippen molar-refractivity contribution < 1.29 is 13.2 Å². The second-order valence-corrected chi connectivity index (χ2v) is 10.1. The molecule has 1 aliphatic heterocycles. The molecule has 168 valence electrons. The number of sulfonamides is 1. The van der Waals surface area contributed by atoms with E-state index in [2.05, 4.69) is 22.3 Å². The highest BCUT2D eigenvalue weighted by atomic mass is 32.2. The SMILES string of the molecule is CCc1ccc(N(CC(=O)NC(C)c2ccc(N3CCCCC3)cc2)S(C)(=O)=O)cc1. The van der Waals surface area contributed by atoms with Crippen LogP contribution in [0.15, 0.2) is 48.5 Å². The molecular formula is C24H33N3O3S. The Morgan fingerprint density at radius 1 is 1.03 bits per heavy atom. The van der Waals surface area contributed by atoms with Crippen molar-refractivity contribution >= 4 is 27.3 Å². The monoisotopic (exact) mass is 443 g/mol. The van der Waals surface area contributed by atoms with E-state index in [-0.39, 0.29) is 18.5 Å². The van der Waals surface area contributed by atoms with Crippen LogP contribution in [-0.2, 0) is 21.2 Å². The average Bonchev–Trinajstić information content (AvgIpc) is 2.77. The van der Waals surface area contributed by atoms with E-state index in [1.165, 1.54) is 24.9 Å². The van der Waals surface area contributed by atoms with Gasteiger partial charge in [0.25, 0.3) is 0 Å². The number of piperidine rings is 1. The van der Waals surface area contributed by atoms with Crippen LogP contribution in [0.4, 0.5) is 11.4 Å². The number of anilines is 2. The molecular weight excluding hydrogens is 410 g/mol. The highest BCUT2D eigenvalue weighted by molar-refractivity contribution is 7.92. The number of hydrogen-bond donors (Lipinski definition) is 1. The standard InChI is InChI=1S/C24H33N3O3S/c1-4-20-8-12-23(13-9-20)27(31(3,29)30)18-24(28)25-19(2)21-10-14-22(15-11-21)26-16-6-5-7-17-26/h8-15,19H,4-7,16-18H2,1-3H3,(H,25,28). The van der Waals surface area contributed by atoms with Gasteiger partial charge in [0.15, 0.2) is 0 Å². The van der Waals surface area contributed by atoms with E-state index >= 15 is 0 Å². The summed E-state index contributed by atoms with van der Waals surface area (Å²) in [5.41, 5.74) is 3.81. The molecule has 1 amide bonds. The summed E-state index contributed by atoms with van der Waals surface area (Å²) in [5, 5.41) is 2.93. The van der Waals surface area contributed by atoms with Crippen LogP contribution in [0.1, 0.15) is 50.3 Å². The number of hydrogen-bond acceptors (Lipinski definition) is 4. The van der Waals surface area contributed by atoms with Crippen LogP contribution >= 0.6 is 0 Å². The molecule has 0 radical (unpaired) electrons. The lowest BCUT2D eigenvalue weighted by molar-refractivity contribution is -0.120. The van der Waals surface area contributed by atoms with Crippen molar-refractivity contribution in [1.29, 1.82) is 0 Å². The smallest absolute Gasteiger partial charge is 0.241 e. The topological polar surface area (TPSA) is 69.7 Å². The molecule has 0 bridgehead atoms. The zero-order chi connectivity index (χ0) is 22.4. The number of nitrogens with one attached hydrogen (secondary N) is 1. The first-order valence-corrected chi connectivity index (χ1v) is 12.8. The molecule has 1 saturated heterocycles. The number of carbonyl (C=O) groups excluding carboxylic acids is 1. The third kappa shape index (κ3) is 6.23. The Morgan fingerprint density at radius 3 is 2.19 bits per heavy atom. The van der Waals surface area contributed by atoms with Crippen LogP contribution in [0.5, 0.6) is 0 Å². The Labute approximate surface area is 186 Å². The van der Waals surface area contributed by atoms with Crippen molar-refractivity contribution in [2.45, 2.75) is 45.6 Å². The number of benzene rings is 2. The van der Waals surface area contributed by atoms with Crippen LogP contribution in [0.3, 0.4) is 0 Å². The molecule has 1 N–H and O–H groups in total. The molecule has 0 saturated carbocycles. The zero-order valence-corrected chi connectivity index (χ0v) is 19.5. The Balaban J connectivity index is 1.64. The maximum Gasteiger partial charge on any atom is 0.241 e. The van der Waals surface area contributed by atoms with Crippen molar-refractivity contribution in [1.82, 2.24) is 5.32 Å². The molecule has 1 unspecified atom stereocenters. The second kappa shape index (κ2) is 10.2. The number of aryl methyl sites for hydroxylation is 1. The summed E-state index contributed by atoms with van der Waals surface area (Å²) in [6.07, 6.45) is 5.74. The van der Waals surface area contributed by atoms with Gasteiger partial charge in [-0.2, -0.15) is 0 Å². The molecule has 1 atom stereocenters. The lowest BCUT2D eigenvalue weighted by Crippen LogP contribution is -2.41. The fourth-order valence-corrected chi connectivity index (χ4v) is 4.78. The lowest BCUT2D eigenvalue weighted by atomic mass is 10.1. The minimum Gasteiger partial charge on any atom is -0.372 e. The van der Waals surface area contributed by atoms with Gasteiger partial charge in [0.1, 0.15) is 6.54 Å². The van der Waals surface area contributed by atoms with E-state index in [0.29, 0.717) is 5.69 Å². The third-order valence-electron chi connectivity index (χ3n) is 5.81. The van der Waals surface area contributed by atoms with Crippen molar-refractivity contribution in [3.8, 4) is 0 Å². The van der Waals surface area contributed by atoms with E-state index in [1.54, 1.807) is 12.1 Å². The van der Waals surface area contributed by atoms with E-state index in [1.807, 2.05) is 38.1 Å². The summed E-state index contributed by atoms with van der Waals surface area (Å²) in [6, 6.07) is 15.3. The quantitative estimate of drug-likeness (QED) is 0.672. The van der Waals surface area contributed by atoms with Gasteiger partial charge >= 0.3 is 0 Å². The van der Waals surface area contributed by atoms with Gasteiger partial charge in [0.2, 0.25) is 15.9 Å². The first-order chi connectivity index (χ1) is 14.8. The molecule has 1 fully saturated rings. The minimum absolute atomic E-state index is 0.216.